The Labute approximate surface area is 163 Å². The lowest BCUT2D eigenvalue weighted by molar-refractivity contribution is -0.113. The number of ether oxygens (including phenoxy) is 1. The first kappa shape index (κ1) is 18.0. The fourth-order valence-corrected chi connectivity index (χ4v) is 3.89. The minimum absolute atomic E-state index is 0.0708. The van der Waals surface area contributed by atoms with E-state index in [0.29, 0.717) is 21.6 Å². The van der Waals surface area contributed by atoms with Gasteiger partial charge in [0.2, 0.25) is 0 Å². The number of rotatable bonds is 4. The third-order valence-corrected chi connectivity index (χ3v) is 5.29. The van der Waals surface area contributed by atoms with Crippen LogP contribution >= 0.6 is 39.9 Å². The summed E-state index contributed by atoms with van der Waals surface area (Å²) >= 11 is 10.00. The zero-order valence-corrected chi connectivity index (χ0v) is 16.5. The molecule has 25 heavy (non-hydrogen) atoms. The summed E-state index contributed by atoms with van der Waals surface area (Å²) < 4.78 is 6.80. The van der Waals surface area contributed by atoms with E-state index in [4.69, 9.17) is 17.0 Å². The second kappa shape index (κ2) is 7.59. The van der Waals surface area contributed by atoms with Gasteiger partial charge in [0.15, 0.2) is 15.8 Å². The molecule has 2 aromatic carbocycles. The van der Waals surface area contributed by atoms with Crippen LogP contribution in [0.1, 0.15) is 12.5 Å². The van der Waals surface area contributed by atoms with Crippen molar-refractivity contribution in [3.63, 3.8) is 0 Å². The highest BCUT2D eigenvalue weighted by Crippen LogP contribution is 2.37. The highest BCUT2D eigenvalue weighted by molar-refractivity contribution is 9.10. The maximum Gasteiger partial charge on any atom is 0.270 e. The molecule has 1 aliphatic rings. The van der Waals surface area contributed by atoms with Crippen LogP contribution in [0, 0.1) is 0 Å². The fourth-order valence-electron chi connectivity index (χ4n) is 2.32. The van der Waals surface area contributed by atoms with Crippen molar-refractivity contribution >= 4 is 61.9 Å². The molecule has 2 aromatic rings. The van der Waals surface area contributed by atoms with E-state index in [9.17, 15) is 9.90 Å². The number of carbonyl (C=O) groups excluding carboxylic acids is 1. The highest BCUT2D eigenvalue weighted by Gasteiger charge is 2.33. The van der Waals surface area contributed by atoms with E-state index in [-0.39, 0.29) is 11.7 Å². The van der Waals surface area contributed by atoms with Crippen LogP contribution in [0.25, 0.3) is 6.08 Å². The third-order valence-electron chi connectivity index (χ3n) is 3.46. The second-order valence-corrected chi connectivity index (χ2v) is 7.75. The zero-order valence-electron chi connectivity index (χ0n) is 13.2. The molecule has 1 fully saturated rings. The van der Waals surface area contributed by atoms with Crippen molar-refractivity contribution in [1.29, 1.82) is 0 Å². The quantitative estimate of drug-likeness (QED) is 0.543. The number of hydrogen-bond acceptors (Lipinski definition) is 5. The van der Waals surface area contributed by atoms with Crippen molar-refractivity contribution in [3.8, 4) is 11.5 Å². The van der Waals surface area contributed by atoms with Gasteiger partial charge in [0, 0.05) is 4.47 Å². The van der Waals surface area contributed by atoms with Gasteiger partial charge in [-0.3, -0.25) is 9.69 Å². The largest absolute Gasteiger partial charge is 0.504 e. The van der Waals surface area contributed by atoms with Gasteiger partial charge in [-0.25, -0.2) is 0 Å². The van der Waals surface area contributed by atoms with Crippen molar-refractivity contribution in [1.82, 2.24) is 0 Å². The van der Waals surface area contributed by atoms with Crippen LogP contribution in [-0.2, 0) is 4.79 Å². The van der Waals surface area contributed by atoms with Gasteiger partial charge in [-0.15, -0.1) is 0 Å². The molecular formula is C18H14BrNO3S2. The number of nitrogens with zero attached hydrogens (tertiary/aromatic N) is 1. The lowest BCUT2D eigenvalue weighted by atomic mass is 10.2. The average molecular weight is 436 g/mol. The van der Waals surface area contributed by atoms with E-state index in [1.165, 1.54) is 16.7 Å². The van der Waals surface area contributed by atoms with Gasteiger partial charge in [0.05, 0.1) is 17.2 Å². The molecule has 0 bridgehead atoms. The Morgan fingerprint density at radius 1 is 1.28 bits per heavy atom. The van der Waals surface area contributed by atoms with E-state index in [0.717, 1.165) is 15.7 Å². The summed E-state index contributed by atoms with van der Waals surface area (Å²) in [7, 11) is 0. The molecule has 0 aromatic heterocycles. The number of benzene rings is 2. The maximum absolute atomic E-state index is 12.7. The van der Waals surface area contributed by atoms with Crippen molar-refractivity contribution in [2.75, 3.05) is 11.5 Å². The van der Waals surface area contributed by atoms with Gasteiger partial charge < -0.3 is 9.84 Å². The lowest BCUT2D eigenvalue weighted by Crippen LogP contribution is -2.27. The second-order valence-electron chi connectivity index (χ2n) is 5.15. The predicted molar refractivity (Wildman–Crippen MR) is 109 cm³/mol. The summed E-state index contributed by atoms with van der Waals surface area (Å²) in [6.07, 6.45) is 1.75. The normalized spacial score (nSPS) is 15.9. The van der Waals surface area contributed by atoms with Crippen molar-refractivity contribution < 1.29 is 14.6 Å². The number of aromatic hydroxyl groups is 1. The van der Waals surface area contributed by atoms with Crippen LogP contribution in [0.2, 0.25) is 0 Å². The van der Waals surface area contributed by atoms with E-state index in [1.807, 2.05) is 31.2 Å². The monoisotopic (exact) mass is 435 g/mol. The Kier molecular flexibility index (Phi) is 5.46. The molecular weight excluding hydrogens is 422 g/mol. The molecule has 3 rings (SSSR count). The molecule has 1 aliphatic heterocycles. The fraction of sp³-hybridized carbons (Fsp3) is 0.111. The molecule has 0 spiro atoms. The van der Waals surface area contributed by atoms with Crippen LogP contribution in [0.4, 0.5) is 5.69 Å². The van der Waals surface area contributed by atoms with Gasteiger partial charge >= 0.3 is 0 Å². The molecule has 0 unspecified atom stereocenters. The van der Waals surface area contributed by atoms with Gasteiger partial charge in [-0.1, -0.05) is 46.0 Å². The highest BCUT2D eigenvalue weighted by atomic mass is 79.9. The molecule has 4 nitrogen and oxygen atoms in total. The van der Waals surface area contributed by atoms with E-state index >= 15 is 0 Å². The maximum atomic E-state index is 12.7. The van der Waals surface area contributed by atoms with Crippen LogP contribution < -0.4 is 9.64 Å². The number of thioether (sulfide) groups is 1. The smallest absolute Gasteiger partial charge is 0.270 e. The number of phenols is 1. The van der Waals surface area contributed by atoms with Crippen molar-refractivity contribution in [2.45, 2.75) is 6.92 Å². The summed E-state index contributed by atoms with van der Waals surface area (Å²) in [6.45, 7) is 2.29. The molecule has 1 N–H and O–H groups in total. The Bertz CT molecular complexity index is 865. The van der Waals surface area contributed by atoms with Gasteiger partial charge in [-0.2, -0.15) is 0 Å². The Morgan fingerprint density at radius 2 is 2.00 bits per heavy atom. The summed E-state index contributed by atoms with van der Waals surface area (Å²) in [5, 5.41) is 9.78. The Morgan fingerprint density at radius 3 is 2.68 bits per heavy atom. The Balaban J connectivity index is 1.90. The lowest BCUT2D eigenvalue weighted by Gasteiger charge is -2.14. The van der Waals surface area contributed by atoms with Gasteiger partial charge in [0.1, 0.15) is 0 Å². The summed E-state index contributed by atoms with van der Waals surface area (Å²) in [5.41, 5.74) is 1.49. The topological polar surface area (TPSA) is 49.8 Å². The molecule has 0 aliphatic carbocycles. The first-order chi connectivity index (χ1) is 12.0. The Hall–Kier alpha value is -1.83. The number of amides is 1. The van der Waals surface area contributed by atoms with Crippen LogP contribution in [0.15, 0.2) is 51.8 Å². The molecule has 0 radical (unpaired) electrons. The number of hydrogen-bond donors (Lipinski definition) is 1. The van der Waals surface area contributed by atoms with E-state index in [1.54, 1.807) is 24.3 Å². The van der Waals surface area contributed by atoms with Crippen LogP contribution in [-0.4, -0.2) is 21.9 Å². The number of anilines is 1. The molecule has 1 amide bonds. The SMILES string of the molecule is CCOc1cc(/C=C2/SC(=S)N(c3ccc(Br)cc3)C2=O)ccc1O. The molecule has 0 atom stereocenters. The van der Waals surface area contributed by atoms with Gasteiger partial charge in [0.25, 0.3) is 5.91 Å². The minimum atomic E-state index is -0.164. The van der Waals surface area contributed by atoms with E-state index in [2.05, 4.69) is 15.9 Å². The first-order valence-corrected chi connectivity index (χ1v) is 9.50. The molecule has 1 heterocycles. The van der Waals surface area contributed by atoms with Crippen LogP contribution in [0.3, 0.4) is 0 Å². The number of carbonyl (C=O) groups is 1. The number of phenolic OH excluding ortho intramolecular Hbond substituents is 1. The third kappa shape index (κ3) is 3.89. The minimum Gasteiger partial charge on any atom is -0.504 e. The average Bonchev–Trinajstić information content (AvgIpc) is 2.86. The molecule has 128 valence electrons. The van der Waals surface area contributed by atoms with E-state index < -0.39 is 0 Å². The summed E-state index contributed by atoms with van der Waals surface area (Å²) in [6, 6.07) is 12.4. The number of thiocarbonyl (C=S) groups is 1. The van der Waals surface area contributed by atoms with Crippen molar-refractivity contribution in [3.05, 3.63) is 57.4 Å². The zero-order chi connectivity index (χ0) is 18.0. The first-order valence-electron chi connectivity index (χ1n) is 7.49. The summed E-state index contributed by atoms with van der Waals surface area (Å²) in [4.78, 5) is 14.8. The van der Waals surface area contributed by atoms with Crippen molar-refractivity contribution in [2.24, 2.45) is 0 Å². The molecule has 1 saturated heterocycles. The molecule has 7 heteroatoms. The van der Waals surface area contributed by atoms with Gasteiger partial charge in [-0.05, 0) is 55.0 Å². The molecule has 0 saturated carbocycles. The predicted octanol–water partition coefficient (Wildman–Crippen LogP) is 4.96. The van der Waals surface area contributed by atoms with Crippen LogP contribution in [0.5, 0.6) is 11.5 Å². The standard InChI is InChI=1S/C18H14BrNO3S2/c1-2-23-15-9-11(3-8-14(15)21)10-16-17(22)20(18(24)25-16)13-6-4-12(19)5-7-13/h3-10,21H,2H2,1H3/b16-10+. The summed E-state index contributed by atoms with van der Waals surface area (Å²) in [5.74, 6) is 0.296. The number of halogens is 1.